The minimum atomic E-state index is -0.913. The van der Waals surface area contributed by atoms with Crippen LogP contribution in [0.5, 0.6) is 0 Å². The van der Waals surface area contributed by atoms with E-state index in [9.17, 15) is 9.59 Å². The van der Waals surface area contributed by atoms with Crippen LogP contribution in [0.4, 0.5) is 0 Å². The van der Waals surface area contributed by atoms with E-state index < -0.39 is 11.0 Å². The lowest BCUT2D eigenvalue weighted by atomic mass is 10.6. The fourth-order valence-corrected chi connectivity index (χ4v) is 0.301. The predicted molar refractivity (Wildman–Crippen MR) is 26.8 cm³/mol. The number of hydrogen-bond acceptors (Lipinski definition) is 5. The monoisotopic (exact) mass is 126 g/mol. The van der Waals surface area contributed by atoms with E-state index in [4.69, 9.17) is 0 Å². The van der Waals surface area contributed by atoms with Crippen LogP contribution in [0.2, 0.25) is 0 Å². The van der Waals surface area contributed by atoms with Crippen LogP contribution in [0.1, 0.15) is 0 Å². The molecule has 0 atom stereocenters. The molecule has 1 aromatic heterocycles. The molecule has 5 nitrogen and oxygen atoms in total. The van der Waals surface area contributed by atoms with Gasteiger partial charge in [-0.3, -0.25) is 9.59 Å². The van der Waals surface area contributed by atoms with Crippen molar-refractivity contribution in [3.05, 3.63) is 32.9 Å². The van der Waals surface area contributed by atoms with Gasteiger partial charge in [-0.25, -0.2) is 0 Å². The third-order valence-electron chi connectivity index (χ3n) is 0.670. The Labute approximate surface area is 48.9 Å². The summed E-state index contributed by atoms with van der Waals surface area (Å²) in [5.41, 5.74) is -1.64. The molecule has 5 heteroatoms. The van der Waals surface area contributed by atoms with Crippen molar-refractivity contribution in [3.8, 4) is 0 Å². The molecular formula is C4H2N2O3. The first kappa shape index (κ1) is 5.61. The smallest absolute Gasteiger partial charge is 0.338 e. The zero-order valence-electron chi connectivity index (χ0n) is 4.27. The van der Waals surface area contributed by atoms with Gasteiger partial charge in [0.2, 0.25) is 5.43 Å². The van der Waals surface area contributed by atoms with E-state index in [1.807, 2.05) is 0 Å². The first-order valence-corrected chi connectivity index (χ1v) is 2.12. The van der Waals surface area contributed by atoms with Crippen LogP contribution in [-0.2, 0) is 0 Å². The molecule has 0 saturated carbocycles. The quantitative estimate of drug-likeness (QED) is 0.408. The molecule has 0 amide bonds. The van der Waals surface area contributed by atoms with Crippen molar-refractivity contribution < 1.29 is 4.52 Å². The van der Waals surface area contributed by atoms with Crippen molar-refractivity contribution in [2.24, 2.45) is 0 Å². The van der Waals surface area contributed by atoms with Crippen LogP contribution >= 0.6 is 0 Å². The van der Waals surface area contributed by atoms with E-state index in [1.165, 1.54) is 0 Å². The Bertz CT molecular complexity index is 275. The van der Waals surface area contributed by atoms with Gasteiger partial charge in [-0.15, -0.1) is 0 Å². The summed E-state index contributed by atoms with van der Waals surface area (Å²) in [7, 11) is 0. The lowest BCUT2D eigenvalue weighted by Gasteiger charge is -1.56. The molecule has 0 N–H and O–H groups in total. The van der Waals surface area contributed by atoms with E-state index >= 15 is 0 Å². The van der Waals surface area contributed by atoms with Gasteiger partial charge in [-0.2, -0.15) is 0 Å². The van der Waals surface area contributed by atoms with Gasteiger partial charge in [0.1, 0.15) is 6.26 Å². The van der Waals surface area contributed by atoms with E-state index in [0.717, 1.165) is 12.3 Å². The Morgan fingerprint density at radius 1 is 1.44 bits per heavy atom. The van der Waals surface area contributed by atoms with Crippen LogP contribution in [-0.4, -0.2) is 10.4 Å². The average Bonchev–Trinajstić information content (AvgIpc) is 1.99. The fourth-order valence-electron chi connectivity index (χ4n) is 0.301. The first-order chi connectivity index (χ1) is 4.30. The minimum absolute atomic E-state index is 0.726. The third kappa shape index (κ3) is 1.18. The Hall–Kier alpha value is -1.52. The topological polar surface area (TPSA) is 73.1 Å². The Morgan fingerprint density at radius 2 is 2.22 bits per heavy atom. The zero-order valence-corrected chi connectivity index (χ0v) is 4.27. The summed E-state index contributed by atoms with van der Waals surface area (Å²) in [4.78, 5) is 20.6. The van der Waals surface area contributed by atoms with Crippen LogP contribution in [0.3, 0.4) is 0 Å². The SMILES string of the molecule is O=c1cconnc1=O. The largest absolute Gasteiger partial charge is 0.347 e. The lowest BCUT2D eigenvalue weighted by Crippen LogP contribution is -2.22. The molecule has 0 unspecified atom stereocenters. The standard InChI is InChI=1S/C4H2N2O3/c7-3-1-2-9-6-5-4(3)8/h1-2H. The Kier molecular flexibility index (Phi) is 1.35. The van der Waals surface area contributed by atoms with Gasteiger partial charge < -0.3 is 4.52 Å². The van der Waals surface area contributed by atoms with Gasteiger partial charge in [-0.1, -0.05) is 5.10 Å². The second-order valence-electron chi connectivity index (χ2n) is 1.26. The second-order valence-corrected chi connectivity index (χ2v) is 1.26. The third-order valence-corrected chi connectivity index (χ3v) is 0.670. The molecule has 1 aromatic rings. The maximum absolute atomic E-state index is 10.3. The van der Waals surface area contributed by atoms with Gasteiger partial charge in [0.15, 0.2) is 0 Å². The molecule has 9 heavy (non-hydrogen) atoms. The van der Waals surface area contributed by atoms with E-state index in [0.29, 0.717) is 0 Å². The maximum atomic E-state index is 10.3. The van der Waals surface area contributed by atoms with Crippen LogP contribution in [0.25, 0.3) is 0 Å². The van der Waals surface area contributed by atoms with Crippen LogP contribution < -0.4 is 11.0 Å². The van der Waals surface area contributed by atoms with Crippen molar-refractivity contribution in [1.29, 1.82) is 0 Å². The summed E-state index contributed by atoms with van der Waals surface area (Å²) < 4.78 is 4.17. The summed E-state index contributed by atoms with van der Waals surface area (Å²) >= 11 is 0. The van der Waals surface area contributed by atoms with E-state index in [2.05, 4.69) is 14.9 Å². The van der Waals surface area contributed by atoms with Gasteiger partial charge in [0.05, 0.1) is 0 Å². The molecule has 0 bridgehead atoms. The fraction of sp³-hybridized carbons (Fsp3) is 0. The van der Waals surface area contributed by atoms with Crippen molar-refractivity contribution in [2.45, 2.75) is 0 Å². The first-order valence-electron chi connectivity index (χ1n) is 2.12. The summed E-state index contributed by atoms with van der Waals surface area (Å²) in [6, 6.07) is 0.961. The zero-order chi connectivity index (χ0) is 6.69. The number of rotatable bonds is 0. The summed E-state index contributed by atoms with van der Waals surface area (Å²) in [6.45, 7) is 0. The summed E-state index contributed by atoms with van der Waals surface area (Å²) in [6.07, 6.45) is 0.997. The van der Waals surface area contributed by atoms with Crippen LogP contribution in [0, 0.1) is 0 Å². The van der Waals surface area contributed by atoms with Gasteiger partial charge in [0, 0.05) is 11.3 Å². The maximum Gasteiger partial charge on any atom is 0.338 e. The molecule has 0 saturated heterocycles. The normalized spacial score (nSPS) is 8.89. The second kappa shape index (κ2) is 2.17. The van der Waals surface area contributed by atoms with Gasteiger partial charge in [-0.05, 0) is 0 Å². The van der Waals surface area contributed by atoms with Crippen molar-refractivity contribution in [3.63, 3.8) is 0 Å². The molecule has 0 aliphatic heterocycles. The Balaban J connectivity index is 3.62. The Morgan fingerprint density at radius 3 is 3.00 bits per heavy atom. The van der Waals surface area contributed by atoms with Gasteiger partial charge in [0.25, 0.3) is 0 Å². The molecule has 0 spiro atoms. The molecule has 0 aliphatic rings. The highest BCUT2D eigenvalue weighted by atomic mass is 16.5. The summed E-state index contributed by atoms with van der Waals surface area (Å²) in [5, 5.41) is 5.73. The predicted octanol–water partition coefficient (Wildman–Crippen LogP) is -1.21. The average molecular weight is 126 g/mol. The molecule has 0 fully saturated rings. The number of nitrogens with zero attached hydrogens (tertiary/aromatic N) is 2. The highest BCUT2D eigenvalue weighted by Crippen LogP contribution is 1.58. The lowest BCUT2D eigenvalue weighted by molar-refractivity contribution is 0.367. The van der Waals surface area contributed by atoms with Crippen molar-refractivity contribution in [2.75, 3.05) is 0 Å². The van der Waals surface area contributed by atoms with Crippen molar-refractivity contribution in [1.82, 2.24) is 10.4 Å². The molecule has 0 radical (unpaired) electrons. The molecular weight excluding hydrogens is 124 g/mol. The minimum Gasteiger partial charge on any atom is -0.347 e. The molecule has 46 valence electrons. The molecule has 1 rings (SSSR count). The highest BCUT2D eigenvalue weighted by Gasteiger charge is 1.86. The van der Waals surface area contributed by atoms with E-state index in [1.54, 1.807) is 0 Å². The van der Waals surface area contributed by atoms with Crippen LogP contribution in [0.15, 0.2) is 26.4 Å². The summed E-state index contributed by atoms with van der Waals surface area (Å²) in [5.74, 6) is 0. The highest BCUT2D eigenvalue weighted by molar-refractivity contribution is 4.80. The molecule has 0 aliphatic carbocycles. The number of aromatic nitrogens is 2. The van der Waals surface area contributed by atoms with E-state index in [-0.39, 0.29) is 0 Å². The number of hydrogen-bond donors (Lipinski definition) is 0. The van der Waals surface area contributed by atoms with Gasteiger partial charge >= 0.3 is 5.56 Å². The van der Waals surface area contributed by atoms with Crippen molar-refractivity contribution >= 4 is 0 Å². The molecule has 1 heterocycles. The molecule has 0 aromatic carbocycles.